The van der Waals surface area contributed by atoms with Crippen molar-refractivity contribution in [2.75, 3.05) is 31.1 Å². The summed E-state index contributed by atoms with van der Waals surface area (Å²) in [6.07, 6.45) is 1.35. The van der Waals surface area contributed by atoms with Crippen molar-refractivity contribution in [2.45, 2.75) is 19.6 Å². The summed E-state index contributed by atoms with van der Waals surface area (Å²) in [6.45, 7) is 4.07. The van der Waals surface area contributed by atoms with Crippen molar-refractivity contribution in [1.29, 1.82) is 0 Å². The number of anilines is 1. The van der Waals surface area contributed by atoms with E-state index in [4.69, 9.17) is 9.47 Å². The highest BCUT2D eigenvalue weighted by atomic mass is 19.2. The first-order valence-electron chi connectivity index (χ1n) is 10.6. The van der Waals surface area contributed by atoms with Crippen molar-refractivity contribution >= 4 is 11.7 Å². The van der Waals surface area contributed by atoms with Crippen LogP contribution in [0.1, 0.15) is 12.5 Å². The molecular formula is C24H24F2N4O3. The topological polar surface area (TPSA) is 67.8 Å². The number of hydrogen-bond donors (Lipinski definition) is 0. The molecule has 0 radical (unpaired) electrons. The summed E-state index contributed by atoms with van der Waals surface area (Å²) in [5.41, 5.74) is 1.02. The number of nitrogens with zero attached hydrogens (tertiary/aromatic N) is 4. The number of benzene rings is 2. The zero-order chi connectivity index (χ0) is 23.2. The molecule has 1 saturated heterocycles. The summed E-state index contributed by atoms with van der Waals surface area (Å²) in [5.74, 6) is -1.02. The molecule has 172 valence electrons. The molecule has 1 aliphatic rings. The Hall–Kier alpha value is -3.59. The molecule has 0 saturated carbocycles. The van der Waals surface area contributed by atoms with Crippen LogP contribution in [0.25, 0.3) is 0 Å². The average Bonchev–Trinajstić information content (AvgIpc) is 2.82. The summed E-state index contributed by atoms with van der Waals surface area (Å²) >= 11 is 0. The van der Waals surface area contributed by atoms with E-state index in [1.54, 1.807) is 11.0 Å². The van der Waals surface area contributed by atoms with Gasteiger partial charge in [-0.25, -0.2) is 18.7 Å². The van der Waals surface area contributed by atoms with Crippen LogP contribution in [0, 0.1) is 11.6 Å². The molecule has 33 heavy (non-hydrogen) atoms. The number of amides is 1. The zero-order valence-electron chi connectivity index (χ0n) is 18.2. The largest absolute Gasteiger partial charge is 0.439 e. The SMILES string of the molecule is C[C@@H]1CN(c2cc(Oc3ccc(F)c(F)c3)ncn2)CCN1C(=O)COCc1ccccc1. The van der Waals surface area contributed by atoms with Crippen molar-refractivity contribution in [2.24, 2.45) is 0 Å². The molecule has 0 spiro atoms. The van der Waals surface area contributed by atoms with E-state index in [1.165, 1.54) is 12.4 Å². The van der Waals surface area contributed by atoms with Crippen molar-refractivity contribution in [3.05, 3.63) is 78.1 Å². The number of ether oxygens (including phenoxy) is 2. The summed E-state index contributed by atoms with van der Waals surface area (Å²) in [5, 5.41) is 0. The zero-order valence-corrected chi connectivity index (χ0v) is 18.2. The fraction of sp³-hybridized carbons (Fsp3) is 0.292. The van der Waals surface area contributed by atoms with Crippen LogP contribution in [0.3, 0.4) is 0 Å². The lowest BCUT2D eigenvalue weighted by Gasteiger charge is -2.40. The monoisotopic (exact) mass is 454 g/mol. The molecule has 3 aromatic rings. The predicted molar refractivity (Wildman–Crippen MR) is 118 cm³/mol. The number of carbonyl (C=O) groups is 1. The van der Waals surface area contributed by atoms with Crippen molar-refractivity contribution in [1.82, 2.24) is 14.9 Å². The van der Waals surface area contributed by atoms with E-state index in [2.05, 4.69) is 9.97 Å². The van der Waals surface area contributed by atoms with Gasteiger partial charge in [-0.2, -0.15) is 0 Å². The van der Waals surface area contributed by atoms with Gasteiger partial charge in [-0.1, -0.05) is 30.3 Å². The predicted octanol–water partition coefficient (Wildman–Crippen LogP) is 3.80. The number of halogens is 2. The van der Waals surface area contributed by atoms with Crippen molar-refractivity contribution in [3.63, 3.8) is 0 Å². The maximum atomic E-state index is 13.4. The molecule has 1 atom stereocenters. The number of hydrogen-bond acceptors (Lipinski definition) is 6. The first-order chi connectivity index (χ1) is 16.0. The lowest BCUT2D eigenvalue weighted by Crippen LogP contribution is -2.55. The van der Waals surface area contributed by atoms with Gasteiger partial charge in [0.2, 0.25) is 11.8 Å². The van der Waals surface area contributed by atoms with Crippen LogP contribution in [-0.2, 0) is 16.1 Å². The highest BCUT2D eigenvalue weighted by Crippen LogP contribution is 2.25. The fourth-order valence-corrected chi connectivity index (χ4v) is 3.67. The van der Waals surface area contributed by atoms with Gasteiger partial charge < -0.3 is 19.3 Å². The molecule has 0 aliphatic carbocycles. The molecule has 0 N–H and O–H groups in total. The molecule has 7 nitrogen and oxygen atoms in total. The first kappa shape index (κ1) is 22.6. The van der Waals surface area contributed by atoms with Crippen LogP contribution < -0.4 is 9.64 Å². The van der Waals surface area contributed by atoms with Crippen LogP contribution >= 0.6 is 0 Å². The average molecular weight is 454 g/mol. The summed E-state index contributed by atoms with van der Waals surface area (Å²) < 4.78 is 37.7. The van der Waals surface area contributed by atoms with E-state index in [9.17, 15) is 13.6 Å². The van der Waals surface area contributed by atoms with Gasteiger partial charge in [0.15, 0.2) is 11.6 Å². The van der Waals surface area contributed by atoms with Gasteiger partial charge in [0.1, 0.15) is 24.5 Å². The number of piperazine rings is 1. The summed E-state index contributed by atoms with van der Waals surface area (Å²) in [4.78, 5) is 24.8. The normalized spacial score (nSPS) is 16.0. The van der Waals surface area contributed by atoms with E-state index in [1.807, 2.05) is 42.2 Å². The third-order valence-corrected chi connectivity index (χ3v) is 5.35. The molecule has 1 aromatic heterocycles. The van der Waals surface area contributed by atoms with Gasteiger partial charge >= 0.3 is 0 Å². The summed E-state index contributed by atoms with van der Waals surface area (Å²) in [6, 6.07) is 14.6. The molecule has 0 bridgehead atoms. The number of aromatic nitrogens is 2. The Balaban J connectivity index is 1.32. The number of rotatable bonds is 7. The van der Waals surface area contributed by atoms with E-state index >= 15 is 0 Å². The molecular weight excluding hydrogens is 430 g/mol. The Kier molecular flexibility index (Phi) is 7.09. The maximum absolute atomic E-state index is 13.4. The fourth-order valence-electron chi connectivity index (χ4n) is 3.67. The maximum Gasteiger partial charge on any atom is 0.248 e. The van der Waals surface area contributed by atoms with E-state index < -0.39 is 11.6 Å². The lowest BCUT2D eigenvalue weighted by molar-refractivity contribution is -0.139. The molecule has 2 aromatic carbocycles. The summed E-state index contributed by atoms with van der Waals surface area (Å²) in [7, 11) is 0. The third-order valence-electron chi connectivity index (χ3n) is 5.35. The molecule has 9 heteroatoms. The smallest absolute Gasteiger partial charge is 0.248 e. The third kappa shape index (κ3) is 5.81. The van der Waals surface area contributed by atoms with E-state index in [0.29, 0.717) is 32.1 Å². The minimum Gasteiger partial charge on any atom is -0.439 e. The lowest BCUT2D eigenvalue weighted by atomic mass is 10.2. The second-order valence-corrected chi connectivity index (χ2v) is 7.75. The highest BCUT2D eigenvalue weighted by Gasteiger charge is 2.28. The second-order valence-electron chi connectivity index (χ2n) is 7.75. The van der Waals surface area contributed by atoms with Gasteiger partial charge in [-0.3, -0.25) is 4.79 Å². The second kappa shape index (κ2) is 10.4. The minimum absolute atomic E-state index is 0.0267. The van der Waals surface area contributed by atoms with Crippen LogP contribution in [0.5, 0.6) is 11.6 Å². The van der Waals surface area contributed by atoms with Gasteiger partial charge in [0, 0.05) is 37.8 Å². The Morgan fingerprint density at radius 2 is 1.88 bits per heavy atom. The molecule has 4 rings (SSSR count). The van der Waals surface area contributed by atoms with Crippen LogP contribution in [0.15, 0.2) is 60.9 Å². The number of carbonyl (C=O) groups excluding carboxylic acids is 1. The highest BCUT2D eigenvalue weighted by molar-refractivity contribution is 5.78. The first-order valence-corrected chi connectivity index (χ1v) is 10.6. The van der Waals surface area contributed by atoms with Gasteiger partial charge in [0.25, 0.3) is 0 Å². The van der Waals surface area contributed by atoms with E-state index in [0.717, 1.165) is 17.7 Å². The Morgan fingerprint density at radius 3 is 2.64 bits per heavy atom. The molecule has 1 fully saturated rings. The van der Waals surface area contributed by atoms with Crippen LogP contribution in [-0.4, -0.2) is 53.1 Å². The molecule has 0 unspecified atom stereocenters. The van der Waals surface area contributed by atoms with Gasteiger partial charge in [-0.15, -0.1) is 0 Å². The molecule has 2 heterocycles. The standard InChI is InChI=1S/C24H24F2N4O3/c1-17-13-29(9-10-30(17)24(31)15-32-14-18-5-3-2-4-6-18)22-12-23(28-16-27-22)33-19-7-8-20(25)21(26)11-19/h2-8,11-12,16-17H,9-10,13-15H2,1H3/t17-/m1/s1. The van der Waals surface area contributed by atoms with Crippen molar-refractivity contribution < 1.29 is 23.0 Å². The quantitative estimate of drug-likeness (QED) is 0.541. The van der Waals surface area contributed by atoms with E-state index in [-0.39, 0.29) is 30.2 Å². The Labute approximate surface area is 190 Å². The molecule has 1 aliphatic heterocycles. The van der Waals surface area contributed by atoms with Gasteiger partial charge in [-0.05, 0) is 24.6 Å². The Morgan fingerprint density at radius 1 is 1.06 bits per heavy atom. The van der Waals surface area contributed by atoms with Crippen LogP contribution in [0.2, 0.25) is 0 Å². The Bertz CT molecular complexity index is 1100. The minimum atomic E-state index is -0.996. The van der Waals surface area contributed by atoms with Crippen molar-refractivity contribution in [3.8, 4) is 11.6 Å². The van der Waals surface area contributed by atoms with Gasteiger partial charge in [0.05, 0.1) is 6.61 Å². The molecule has 1 amide bonds. The van der Waals surface area contributed by atoms with Crippen LogP contribution in [0.4, 0.5) is 14.6 Å².